The van der Waals surface area contributed by atoms with Crippen LogP contribution in [0.1, 0.15) is 135 Å². The monoisotopic (exact) mass is 1500 g/mol. The maximum absolute atomic E-state index is 15.5. The molecule has 10 N–H and O–H groups in total. The number of hydrogen-bond acceptors (Lipinski definition) is 22. The third-order valence-corrected chi connectivity index (χ3v) is 21.8. The van der Waals surface area contributed by atoms with Gasteiger partial charge in [-0.3, -0.25) is 48.1 Å². The minimum atomic E-state index is -2.15. The van der Waals surface area contributed by atoms with Crippen LogP contribution < -0.4 is 52.1 Å². The van der Waals surface area contributed by atoms with Crippen molar-refractivity contribution >= 4 is 103 Å². The molecule has 28 nitrogen and oxygen atoms in total. The number of allylic oxidation sites excluding steroid dienone is 2. The Morgan fingerprint density at radius 1 is 0.879 bits per heavy atom. The summed E-state index contributed by atoms with van der Waals surface area (Å²) in [5.41, 5.74) is 6.32. The molecule has 8 amide bonds. The average molecular weight is 1500 g/mol. The second kappa shape index (κ2) is 35.3. The fourth-order valence-corrected chi connectivity index (χ4v) is 15.2. The Kier molecular flexibility index (Phi) is 26.8. The van der Waals surface area contributed by atoms with Gasteiger partial charge in [-0.15, -0.1) is 11.3 Å². The summed E-state index contributed by atoms with van der Waals surface area (Å²) in [6.07, 6.45) is 9.29. The maximum Gasteiger partial charge on any atom is 0.312 e. The van der Waals surface area contributed by atoms with E-state index in [1.807, 2.05) is 26.2 Å². The summed E-state index contributed by atoms with van der Waals surface area (Å²) in [6, 6.07) is 7.97. The number of ether oxygens (including phenoxy) is 5. The number of fused-ring (bicyclic) bond motifs is 2. The van der Waals surface area contributed by atoms with Crippen LogP contribution in [0.5, 0.6) is 17.2 Å². The number of phenolic OH excluding ortho intramolecular Hbond substituents is 1. The van der Waals surface area contributed by atoms with Gasteiger partial charge in [-0.2, -0.15) is 0 Å². The van der Waals surface area contributed by atoms with Crippen molar-refractivity contribution in [1.29, 1.82) is 0 Å². The Hall–Kier alpha value is -9.81. The molecule has 9 rings (SSSR count). The molecule has 1 saturated heterocycles. The van der Waals surface area contributed by atoms with E-state index in [1.165, 1.54) is 65.4 Å². The molecule has 6 aliphatic rings. The van der Waals surface area contributed by atoms with E-state index in [0.29, 0.717) is 54.3 Å². The molecule has 11 atom stereocenters. The van der Waals surface area contributed by atoms with Crippen molar-refractivity contribution in [2.75, 3.05) is 62.9 Å². The number of unbranched alkanes of at least 4 members (excludes halogenated alkanes) is 2. The van der Waals surface area contributed by atoms with Crippen LogP contribution in [-0.2, 0) is 54.4 Å². The highest BCUT2D eigenvalue weighted by molar-refractivity contribution is 7.22. The van der Waals surface area contributed by atoms with Gasteiger partial charge in [0.1, 0.15) is 53.2 Å². The lowest BCUT2D eigenvalue weighted by molar-refractivity contribution is -0.160. The summed E-state index contributed by atoms with van der Waals surface area (Å²) >= 11 is 1.11. The van der Waals surface area contributed by atoms with Crippen molar-refractivity contribution in [2.45, 2.75) is 176 Å². The summed E-state index contributed by atoms with van der Waals surface area (Å²) in [5, 5.41) is 49.2. The number of methoxy groups -OCH3 is 1. The smallest absolute Gasteiger partial charge is 0.312 e. The van der Waals surface area contributed by atoms with Crippen molar-refractivity contribution in [3.63, 3.8) is 0 Å². The summed E-state index contributed by atoms with van der Waals surface area (Å²) < 4.78 is 31.8. The number of imide groups is 1. The normalized spacial score (nSPS) is 24.1. The number of phenols is 1. The second-order valence-electron chi connectivity index (χ2n) is 28.9. The third kappa shape index (κ3) is 18.8. The highest BCUT2D eigenvalue weighted by atomic mass is 32.1. The molecule has 0 unspecified atom stereocenters. The van der Waals surface area contributed by atoms with E-state index in [9.17, 15) is 53.7 Å². The van der Waals surface area contributed by atoms with Crippen LogP contribution in [-0.4, -0.2) is 179 Å². The van der Waals surface area contributed by atoms with Crippen LogP contribution in [0.25, 0.3) is 31.6 Å². The van der Waals surface area contributed by atoms with Crippen LogP contribution in [0.3, 0.4) is 0 Å². The zero-order valence-corrected chi connectivity index (χ0v) is 63.7. The maximum atomic E-state index is 15.5. The summed E-state index contributed by atoms with van der Waals surface area (Å²) in [5.74, 6) is -10.1. The number of nitrogens with one attached hydrogen (secondary N) is 5. The zero-order valence-electron chi connectivity index (χ0n) is 62.9. The fraction of sp³-hybridized carbons (Fsp3) is 0.500. The number of urea groups is 1. The number of aromatic hydroxyl groups is 1. The largest absolute Gasteiger partial charge is 0.507 e. The SMILES string of the molecule is CO[C@H]1/C=C/O[C@@]2(C)Oc3c(C)c(O)c4c(=O)c(c5sc6cc(N7CCC(N(C)C)CC7)cc(OCc7ccc(NC(=O)[C@H](CCCNC(N)=O)NC(=O)[C@@H](NC(=O)CCCCCN8C(=O)C=CC8=O)C(C)C)cc7)c6nc-5c4c3C2=O)NC(=O)/C(C)=C\C=C\[C@H](C)[C@H](O)[C@@H](C)[C@@H](O)[C@@H](C)[C@H](OC(C)=O)[C@@H]1C. The van der Waals surface area contributed by atoms with Crippen LogP contribution in [0.2, 0.25) is 0 Å². The number of aromatic nitrogens is 1. The first-order valence-corrected chi connectivity index (χ1v) is 37.1. The molecule has 3 aromatic carbocycles. The lowest BCUT2D eigenvalue weighted by Crippen LogP contribution is -2.54. The molecule has 4 bridgehead atoms. The number of primary amides is 1. The van der Waals surface area contributed by atoms with Crippen molar-refractivity contribution < 1.29 is 82.2 Å². The fourth-order valence-electron chi connectivity index (χ4n) is 14.1. The molecule has 0 radical (unpaired) electrons. The van der Waals surface area contributed by atoms with E-state index < -0.39 is 124 Å². The minimum absolute atomic E-state index is 0.0119. The van der Waals surface area contributed by atoms with Crippen LogP contribution in [0, 0.1) is 36.5 Å². The number of nitrogens with zero attached hydrogens (tertiary/aromatic N) is 4. The van der Waals surface area contributed by atoms with Gasteiger partial charge in [0.15, 0.2) is 0 Å². The molecule has 3 aromatic rings. The quantitative estimate of drug-likeness (QED) is 0.00982. The van der Waals surface area contributed by atoms with Gasteiger partial charge in [0, 0.05) is 129 Å². The van der Waals surface area contributed by atoms with Gasteiger partial charge >= 0.3 is 17.8 Å². The number of amides is 8. The van der Waals surface area contributed by atoms with Gasteiger partial charge in [-0.05, 0) is 102 Å². The molecule has 0 aromatic heterocycles. The number of aliphatic hydroxyl groups excluding tert-OH is 2. The molecule has 5 heterocycles. The molecule has 29 heteroatoms. The minimum Gasteiger partial charge on any atom is -0.507 e. The zero-order chi connectivity index (χ0) is 78.0. The third-order valence-electron chi connectivity index (χ3n) is 20.6. The van der Waals surface area contributed by atoms with E-state index in [4.69, 9.17) is 34.4 Å². The highest BCUT2D eigenvalue weighted by Gasteiger charge is 2.50. The van der Waals surface area contributed by atoms with Gasteiger partial charge < -0.3 is 81.1 Å². The molecule has 1 fully saturated rings. The van der Waals surface area contributed by atoms with E-state index in [2.05, 4.69) is 36.4 Å². The first-order chi connectivity index (χ1) is 50.7. The summed E-state index contributed by atoms with van der Waals surface area (Å²) in [6.45, 7) is 17.6. The molecular formula is C78H100N10O18S. The van der Waals surface area contributed by atoms with Gasteiger partial charge in [0.25, 0.3) is 23.5 Å². The predicted octanol–water partition coefficient (Wildman–Crippen LogP) is 8.03. The van der Waals surface area contributed by atoms with Gasteiger partial charge in [0.05, 0.1) is 50.8 Å². The number of Topliss-reactive ketones (excluding diaryl/α,β-unsaturated/α-hetero) is 1. The Labute approximate surface area is 625 Å². The van der Waals surface area contributed by atoms with Crippen LogP contribution in [0.15, 0.2) is 89.5 Å². The number of aliphatic hydroxyl groups is 2. The summed E-state index contributed by atoms with van der Waals surface area (Å²) in [7, 11) is 5.52. The number of esters is 1. The predicted molar refractivity (Wildman–Crippen MR) is 405 cm³/mol. The van der Waals surface area contributed by atoms with Crippen molar-refractivity contribution in [3.05, 3.63) is 112 Å². The number of benzene rings is 4. The standard InChI is InChI=1S/C78H100N10O18S/c1-40(2)62(83-56(90)22-15-14-16-33-88-57(91)27-28-58(88)92)76(100)82-52(21-18-32-80-77(79)101)75(99)81-49-25-23-48(24-26-49)39-103-54-37-51(87-34-29-50(30-35-87)86(11)12)38-55-63(54)84-64-59-60-68(95)46(8)71-61(59)73(97)78(10,106-71)104-36-31-53(102-13)43(5)70(105-47(9)89)45(7)67(94)44(6)66(93)41(3)19-17-20-42(4)74(98)85-65(69(60)96)72(64)107-55/h17,19-20,23-28,31,36-38,40-41,43-45,50,52-53,62,66-67,70,93-95H,14-16,18,21-22,29-30,32-35,39H2,1-13H3,(H,81,99)(H,82,100)(H,83,90)(H,85,98)(H3,79,80,101)/b19-17+,36-31+,42-20-/t41-,43+,44+,45+,52-,53-,62-,66-,67+,70+,78-/m0/s1. The Bertz CT molecular complexity index is 4340. The molecule has 5 aliphatic heterocycles. The van der Waals surface area contributed by atoms with E-state index in [0.717, 1.165) is 34.8 Å². The second-order valence-corrected chi connectivity index (χ2v) is 30.0. The van der Waals surface area contributed by atoms with Gasteiger partial charge in [-0.1, -0.05) is 78.3 Å². The number of carbonyl (C=O) groups excluding carboxylic acids is 9. The van der Waals surface area contributed by atoms with Crippen molar-refractivity contribution in [3.8, 4) is 27.8 Å². The van der Waals surface area contributed by atoms with Crippen LogP contribution >= 0.6 is 11.3 Å². The molecule has 0 spiro atoms. The Morgan fingerprint density at radius 3 is 2.21 bits per heavy atom. The molecule has 107 heavy (non-hydrogen) atoms. The lowest BCUT2D eigenvalue weighted by atomic mass is 9.78. The Balaban J connectivity index is 1.07. The highest BCUT2D eigenvalue weighted by Crippen LogP contribution is 2.52. The number of rotatable bonds is 23. The molecular weight excluding hydrogens is 1400 g/mol. The van der Waals surface area contributed by atoms with Crippen LogP contribution in [0.4, 0.5) is 21.9 Å². The topological polar surface area (TPSA) is 386 Å². The summed E-state index contributed by atoms with van der Waals surface area (Å²) in [4.78, 5) is 146. The number of anilines is 3. The van der Waals surface area contributed by atoms with E-state index >= 15 is 9.59 Å². The van der Waals surface area contributed by atoms with Gasteiger partial charge in [-0.25, -0.2) is 9.78 Å². The van der Waals surface area contributed by atoms with Crippen molar-refractivity contribution in [1.82, 2.24) is 30.7 Å². The number of carbonyl (C=O) groups is 9. The number of nitrogens with two attached hydrogens (primary N) is 1. The Morgan fingerprint density at radius 2 is 1.57 bits per heavy atom. The molecule has 0 saturated carbocycles. The first-order valence-electron chi connectivity index (χ1n) is 36.3. The lowest BCUT2D eigenvalue weighted by Gasteiger charge is -2.38. The number of piperidine rings is 1. The first kappa shape index (κ1) is 81.3. The van der Waals surface area contributed by atoms with E-state index in [1.54, 1.807) is 78.0 Å². The molecule has 576 valence electrons. The molecule has 1 aliphatic carbocycles. The van der Waals surface area contributed by atoms with Gasteiger partial charge in [0.2, 0.25) is 23.2 Å². The van der Waals surface area contributed by atoms with Crippen molar-refractivity contribution in [2.24, 2.45) is 35.3 Å². The van der Waals surface area contributed by atoms with E-state index in [-0.39, 0.29) is 112 Å². The average Bonchev–Trinajstić information content (AvgIpc) is 1.65. The number of hydrogen-bond donors (Lipinski definition) is 9. The number of ketones is 1.